The maximum atomic E-state index is 10.0. The summed E-state index contributed by atoms with van der Waals surface area (Å²) in [5, 5.41) is 20.0. The van der Waals surface area contributed by atoms with Crippen LogP contribution < -0.4 is 0 Å². The summed E-state index contributed by atoms with van der Waals surface area (Å²) in [6, 6.07) is 0. The normalized spacial score (nSPS) is 12.3. The Balaban J connectivity index is 4.06. The number of hydrogen-bond acceptors (Lipinski definition) is 2. The zero-order valence-electron chi connectivity index (χ0n) is 15.6. The molecule has 0 spiro atoms. The Bertz CT molecular complexity index is 464. The van der Waals surface area contributed by atoms with Gasteiger partial charge in [0.05, 0.1) is 13.2 Å². The van der Waals surface area contributed by atoms with Crippen LogP contribution >= 0.6 is 0 Å². The molecule has 0 unspecified atom stereocenters. The van der Waals surface area contributed by atoms with Gasteiger partial charge in [-0.15, -0.1) is 0 Å². The van der Waals surface area contributed by atoms with Crippen molar-refractivity contribution in [2.45, 2.75) is 92.3 Å². The van der Waals surface area contributed by atoms with Crippen LogP contribution in [0.4, 0.5) is 0 Å². The van der Waals surface area contributed by atoms with Gasteiger partial charge >= 0.3 is 0 Å². The van der Waals surface area contributed by atoms with E-state index in [-0.39, 0.29) is 13.2 Å². The molecule has 0 bridgehead atoms. The highest BCUT2D eigenvalue weighted by Crippen LogP contribution is 2.43. The second-order valence-corrected chi connectivity index (χ2v) is 7.55. The Kier molecular flexibility index (Phi) is 6.64. The summed E-state index contributed by atoms with van der Waals surface area (Å²) in [7, 11) is 0. The van der Waals surface area contributed by atoms with Crippen molar-refractivity contribution in [3.05, 3.63) is 33.4 Å². The number of rotatable bonds is 6. The van der Waals surface area contributed by atoms with Crippen molar-refractivity contribution in [1.82, 2.24) is 0 Å². The van der Waals surface area contributed by atoms with Crippen LogP contribution in [0.25, 0.3) is 0 Å². The minimum atomic E-state index is 0.00121. The molecular weight excluding hydrogens is 272 g/mol. The molecule has 2 heteroatoms. The lowest BCUT2D eigenvalue weighted by atomic mass is 9.73. The fourth-order valence-corrected chi connectivity index (χ4v) is 3.86. The first kappa shape index (κ1) is 19.2. The molecular formula is C20H34O2. The standard InChI is InChI=1S/C20H34O2/c1-11(2)17-15(9-21)16(10-22)18(12(3)4)20(14(7)8)19(17)13(5)6/h11-14,21-22H,9-10H2,1-8H3. The zero-order chi connectivity index (χ0) is 17.2. The molecule has 0 aromatic heterocycles. The largest absolute Gasteiger partial charge is 0.392 e. The average molecular weight is 306 g/mol. The van der Waals surface area contributed by atoms with Crippen LogP contribution in [0.5, 0.6) is 0 Å². The van der Waals surface area contributed by atoms with E-state index in [1.807, 2.05) is 0 Å². The van der Waals surface area contributed by atoms with Crippen LogP contribution in [0.15, 0.2) is 0 Å². The Hall–Kier alpha value is -0.860. The first-order chi connectivity index (χ1) is 10.2. The van der Waals surface area contributed by atoms with Crippen molar-refractivity contribution in [1.29, 1.82) is 0 Å². The monoisotopic (exact) mass is 306 g/mol. The lowest BCUT2D eigenvalue weighted by Crippen LogP contribution is -2.17. The van der Waals surface area contributed by atoms with E-state index >= 15 is 0 Å². The fourth-order valence-electron chi connectivity index (χ4n) is 3.86. The van der Waals surface area contributed by atoms with Gasteiger partial charge in [-0.2, -0.15) is 0 Å². The number of aliphatic hydroxyl groups excluding tert-OH is 2. The molecule has 1 aromatic rings. The lowest BCUT2D eigenvalue weighted by Gasteiger charge is -2.32. The third-order valence-corrected chi connectivity index (χ3v) is 4.51. The number of benzene rings is 1. The molecule has 0 atom stereocenters. The second-order valence-electron chi connectivity index (χ2n) is 7.55. The second kappa shape index (κ2) is 7.61. The molecule has 0 amide bonds. The van der Waals surface area contributed by atoms with E-state index in [1.165, 1.54) is 22.3 Å². The third kappa shape index (κ3) is 3.38. The minimum Gasteiger partial charge on any atom is -0.392 e. The van der Waals surface area contributed by atoms with Gasteiger partial charge in [0.2, 0.25) is 0 Å². The molecule has 2 nitrogen and oxygen atoms in total. The molecule has 0 aliphatic carbocycles. The molecule has 0 aliphatic rings. The Morgan fingerprint density at radius 2 is 0.727 bits per heavy atom. The van der Waals surface area contributed by atoms with Gasteiger partial charge in [0.15, 0.2) is 0 Å². The zero-order valence-corrected chi connectivity index (χ0v) is 15.6. The van der Waals surface area contributed by atoms with Gasteiger partial charge in [-0.3, -0.25) is 0 Å². The molecule has 22 heavy (non-hydrogen) atoms. The van der Waals surface area contributed by atoms with Crippen LogP contribution in [-0.2, 0) is 13.2 Å². The molecule has 0 heterocycles. The van der Waals surface area contributed by atoms with E-state index in [0.29, 0.717) is 23.7 Å². The van der Waals surface area contributed by atoms with Crippen LogP contribution in [0, 0.1) is 0 Å². The van der Waals surface area contributed by atoms with Crippen LogP contribution in [0.1, 0.15) is 112 Å². The molecule has 1 rings (SSSR count). The Morgan fingerprint density at radius 3 is 0.864 bits per heavy atom. The first-order valence-electron chi connectivity index (χ1n) is 8.61. The molecule has 1 aromatic carbocycles. The first-order valence-corrected chi connectivity index (χ1v) is 8.61. The SMILES string of the molecule is CC(C)c1c(CO)c(CO)c(C(C)C)c(C(C)C)c1C(C)C. The quantitative estimate of drug-likeness (QED) is 0.761. The lowest BCUT2D eigenvalue weighted by molar-refractivity contribution is 0.256. The predicted octanol–water partition coefficient (Wildman–Crippen LogP) is 5.16. The highest BCUT2D eigenvalue weighted by molar-refractivity contribution is 5.56. The van der Waals surface area contributed by atoms with Gasteiger partial charge in [-0.1, -0.05) is 55.4 Å². The summed E-state index contributed by atoms with van der Waals surface area (Å²) in [6.45, 7) is 17.7. The van der Waals surface area contributed by atoms with E-state index in [1.54, 1.807) is 0 Å². The van der Waals surface area contributed by atoms with E-state index in [9.17, 15) is 10.2 Å². The Morgan fingerprint density at radius 1 is 0.500 bits per heavy atom. The van der Waals surface area contributed by atoms with Crippen molar-refractivity contribution < 1.29 is 10.2 Å². The van der Waals surface area contributed by atoms with Crippen molar-refractivity contribution in [2.75, 3.05) is 0 Å². The fraction of sp³-hybridized carbons (Fsp3) is 0.700. The molecule has 0 saturated heterocycles. The summed E-state index contributed by atoms with van der Waals surface area (Å²) in [5.74, 6) is 1.49. The molecule has 0 radical (unpaired) electrons. The summed E-state index contributed by atoms with van der Waals surface area (Å²) in [5.41, 5.74) is 7.16. The average Bonchev–Trinajstić information content (AvgIpc) is 2.42. The Labute approximate surface area is 136 Å². The summed E-state index contributed by atoms with van der Waals surface area (Å²) < 4.78 is 0. The highest BCUT2D eigenvalue weighted by Gasteiger charge is 2.27. The summed E-state index contributed by atoms with van der Waals surface area (Å²) >= 11 is 0. The van der Waals surface area contributed by atoms with Crippen molar-refractivity contribution in [3.63, 3.8) is 0 Å². The third-order valence-electron chi connectivity index (χ3n) is 4.51. The summed E-state index contributed by atoms with van der Waals surface area (Å²) in [4.78, 5) is 0. The molecule has 0 fully saturated rings. The van der Waals surface area contributed by atoms with Gasteiger partial charge in [0.1, 0.15) is 0 Å². The van der Waals surface area contributed by atoms with E-state index in [4.69, 9.17) is 0 Å². The number of hydrogen-bond donors (Lipinski definition) is 2. The number of aliphatic hydroxyl groups is 2. The topological polar surface area (TPSA) is 40.5 Å². The van der Waals surface area contributed by atoms with Gasteiger partial charge in [-0.05, 0) is 57.1 Å². The molecule has 0 aliphatic heterocycles. The minimum absolute atomic E-state index is 0.00121. The van der Waals surface area contributed by atoms with Crippen molar-refractivity contribution >= 4 is 0 Å². The van der Waals surface area contributed by atoms with Crippen LogP contribution in [-0.4, -0.2) is 10.2 Å². The van der Waals surface area contributed by atoms with E-state index in [0.717, 1.165) is 11.1 Å². The highest BCUT2D eigenvalue weighted by atomic mass is 16.3. The van der Waals surface area contributed by atoms with Gasteiger partial charge in [0, 0.05) is 0 Å². The maximum Gasteiger partial charge on any atom is 0.0688 e. The van der Waals surface area contributed by atoms with E-state index < -0.39 is 0 Å². The molecule has 0 saturated carbocycles. The van der Waals surface area contributed by atoms with Gasteiger partial charge < -0.3 is 10.2 Å². The smallest absolute Gasteiger partial charge is 0.0688 e. The van der Waals surface area contributed by atoms with Gasteiger partial charge in [0.25, 0.3) is 0 Å². The molecule has 2 N–H and O–H groups in total. The van der Waals surface area contributed by atoms with Crippen LogP contribution in [0.3, 0.4) is 0 Å². The van der Waals surface area contributed by atoms with E-state index in [2.05, 4.69) is 55.4 Å². The maximum absolute atomic E-state index is 10.0. The van der Waals surface area contributed by atoms with Gasteiger partial charge in [-0.25, -0.2) is 0 Å². The predicted molar refractivity (Wildman–Crippen MR) is 94.6 cm³/mol. The molecule has 126 valence electrons. The van der Waals surface area contributed by atoms with Crippen LogP contribution in [0.2, 0.25) is 0 Å². The van der Waals surface area contributed by atoms with Crippen molar-refractivity contribution in [3.8, 4) is 0 Å². The van der Waals surface area contributed by atoms with Crippen molar-refractivity contribution in [2.24, 2.45) is 0 Å². The summed E-state index contributed by atoms with van der Waals surface area (Å²) in [6.07, 6.45) is 0.